The van der Waals surface area contributed by atoms with Crippen LogP contribution in [0.2, 0.25) is 5.02 Å². The zero-order valence-corrected chi connectivity index (χ0v) is 11.4. The monoisotopic (exact) mass is 310 g/mol. The number of unbranched alkanes of at least 4 members (excludes halogenated alkanes) is 2. The van der Waals surface area contributed by atoms with Gasteiger partial charge in [-0.1, -0.05) is 18.0 Å². The number of rotatable bonds is 6. The molecule has 0 fully saturated rings. The van der Waals surface area contributed by atoms with Gasteiger partial charge < -0.3 is 5.32 Å². The van der Waals surface area contributed by atoms with Gasteiger partial charge in [0.25, 0.3) is 0 Å². The van der Waals surface area contributed by atoms with Crippen molar-refractivity contribution in [3.8, 4) is 0 Å². The van der Waals surface area contributed by atoms with Gasteiger partial charge in [0, 0.05) is 23.1 Å². The van der Waals surface area contributed by atoms with Crippen molar-refractivity contribution >= 4 is 44.9 Å². The highest BCUT2D eigenvalue weighted by molar-refractivity contribution is 9.10. The second kappa shape index (κ2) is 7.31. The third-order valence-electron chi connectivity index (χ3n) is 1.91. The van der Waals surface area contributed by atoms with Crippen LogP contribution in [-0.4, -0.2) is 17.4 Å². The van der Waals surface area contributed by atoms with Gasteiger partial charge in [-0.3, -0.25) is 0 Å². The van der Waals surface area contributed by atoms with E-state index in [0.29, 0.717) is 5.02 Å². The summed E-state index contributed by atoms with van der Waals surface area (Å²) < 4.78 is 0.889. The summed E-state index contributed by atoms with van der Waals surface area (Å²) in [5, 5.41) is 3.83. The van der Waals surface area contributed by atoms with E-state index < -0.39 is 0 Å². The van der Waals surface area contributed by atoms with E-state index in [1.54, 1.807) is 6.20 Å². The van der Waals surface area contributed by atoms with E-state index >= 15 is 0 Å². The van der Waals surface area contributed by atoms with Gasteiger partial charge in [-0.2, -0.15) is 0 Å². The number of aromatic nitrogens is 1. The number of hydrogen-bond donors (Lipinski definition) is 1. The highest BCUT2D eigenvalue weighted by Gasteiger charge is 2.01. The maximum atomic E-state index is 5.99. The molecule has 0 spiro atoms. The molecule has 1 heterocycles. The minimum atomic E-state index is 0.640. The number of alkyl halides is 1. The zero-order chi connectivity index (χ0) is 11.1. The Labute approximate surface area is 108 Å². The number of nitrogens with zero attached hydrogens (tertiary/aromatic N) is 1. The molecular formula is C10H13BrCl2N2. The molecule has 1 aromatic heterocycles. The molecule has 1 aromatic rings. The third-order valence-corrected chi connectivity index (χ3v) is 2.90. The Morgan fingerprint density at radius 3 is 2.80 bits per heavy atom. The van der Waals surface area contributed by atoms with Crippen LogP contribution in [0, 0.1) is 0 Å². The first-order chi connectivity index (χ1) is 7.24. The average Bonchev–Trinajstić information content (AvgIpc) is 2.20. The first-order valence-electron chi connectivity index (χ1n) is 4.85. The van der Waals surface area contributed by atoms with Gasteiger partial charge in [0.05, 0.1) is 5.02 Å². The van der Waals surface area contributed by atoms with Crippen LogP contribution in [0.5, 0.6) is 0 Å². The fraction of sp³-hybridized carbons (Fsp3) is 0.500. The normalized spacial score (nSPS) is 10.3. The second-order valence-corrected chi connectivity index (χ2v) is 4.86. The predicted molar refractivity (Wildman–Crippen MR) is 70.0 cm³/mol. The molecule has 2 nitrogen and oxygen atoms in total. The summed E-state index contributed by atoms with van der Waals surface area (Å²) in [6.07, 6.45) is 5.00. The van der Waals surface area contributed by atoms with E-state index in [4.69, 9.17) is 23.2 Å². The van der Waals surface area contributed by atoms with Gasteiger partial charge in [-0.15, -0.1) is 11.6 Å². The molecule has 0 saturated carbocycles. The molecule has 0 aromatic carbocycles. The highest BCUT2D eigenvalue weighted by Crippen LogP contribution is 2.22. The van der Waals surface area contributed by atoms with Crippen LogP contribution in [-0.2, 0) is 0 Å². The van der Waals surface area contributed by atoms with Crippen molar-refractivity contribution in [2.75, 3.05) is 17.7 Å². The summed E-state index contributed by atoms with van der Waals surface area (Å²) in [6.45, 7) is 0.880. The Hall–Kier alpha value is 0.01000. The van der Waals surface area contributed by atoms with E-state index in [-0.39, 0.29) is 0 Å². The van der Waals surface area contributed by atoms with Crippen LogP contribution < -0.4 is 5.32 Å². The van der Waals surface area contributed by atoms with Crippen LogP contribution in [0.25, 0.3) is 0 Å². The van der Waals surface area contributed by atoms with Crippen LogP contribution >= 0.6 is 39.1 Å². The number of halogens is 3. The Morgan fingerprint density at radius 1 is 1.33 bits per heavy atom. The summed E-state index contributed by atoms with van der Waals surface area (Å²) in [5.41, 5.74) is 0. The van der Waals surface area contributed by atoms with Crippen LogP contribution in [0.4, 0.5) is 5.82 Å². The lowest BCUT2D eigenvalue weighted by molar-refractivity contribution is 0.746. The molecular weight excluding hydrogens is 299 g/mol. The molecule has 0 aliphatic carbocycles. The molecule has 84 valence electrons. The molecule has 1 rings (SSSR count). The molecule has 0 bridgehead atoms. The number of nitrogens with one attached hydrogen (secondary N) is 1. The molecule has 0 amide bonds. The molecule has 5 heteroatoms. The van der Waals surface area contributed by atoms with E-state index in [1.807, 2.05) is 6.07 Å². The summed E-state index contributed by atoms with van der Waals surface area (Å²) in [5.74, 6) is 1.47. The van der Waals surface area contributed by atoms with E-state index in [2.05, 4.69) is 26.2 Å². The maximum absolute atomic E-state index is 5.99. The molecule has 0 aliphatic heterocycles. The van der Waals surface area contributed by atoms with Crippen molar-refractivity contribution in [2.45, 2.75) is 19.3 Å². The van der Waals surface area contributed by atoms with Gasteiger partial charge >= 0.3 is 0 Å². The molecule has 0 radical (unpaired) electrons. The maximum Gasteiger partial charge on any atom is 0.144 e. The fourth-order valence-electron chi connectivity index (χ4n) is 1.15. The standard InChI is InChI=1S/C10H13BrCl2N2/c11-8-6-9(13)10(15-7-8)14-5-3-1-2-4-12/h6-7H,1-5H2,(H,14,15). The summed E-state index contributed by atoms with van der Waals surface area (Å²) in [4.78, 5) is 4.18. The lowest BCUT2D eigenvalue weighted by Crippen LogP contribution is -2.03. The molecule has 0 saturated heterocycles. The van der Waals surface area contributed by atoms with E-state index in [9.17, 15) is 0 Å². The van der Waals surface area contributed by atoms with Gasteiger partial charge in [-0.25, -0.2) is 4.98 Å². The summed E-state index contributed by atoms with van der Waals surface area (Å²) in [7, 11) is 0. The first-order valence-corrected chi connectivity index (χ1v) is 6.55. The molecule has 0 aliphatic rings. The highest BCUT2D eigenvalue weighted by atomic mass is 79.9. The SMILES string of the molecule is ClCCCCCNc1ncc(Br)cc1Cl. The summed E-state index contributed by atoms with van der Waals surface area (Å²) >= 11 is 14.9. The quantitative estimate of drug-likeness (QED) is 0.625. The predicted octanol–water partition coefficient (Wildman–Crippen LogP) is 4.32. The van der Waals surface area contributed by atoms with Crippen LogP contribution in [0.15, 0.2) is 16.7 Å². The Morgan fingerprint density at radius 2 is 2.13 bits per heavy atom. The van der Waals surface area contributed by atoms with Crippen molar-refractivity contribution in [3.05, 3.63) is 21.8 Å². The largest absolute Gasteiger partial charge is 0.369 e. The fourth-order valence-corrected chi connectivity index (χ4v) is 2.03. The Balaban J connectivity index is 2.31. The second-order valence-electron chi connectivity index (χ2n) is 3.16. The molecule has 0 atom stereocenters. The minimum Gasteiger partial charge on any atom is -0.369 e. The first kappa shape index (κ1) is 13.1. The molecule has 1 N–H and O–H groups in total. The van der Waals surface area contributed by atoms with Gasteiger partial charge in [-0.05, 0) is 34.8 Å². The summed E-state index contributed by atoms with van der Waals surface area (Å²) in [6, 6.07) is 1.83. The smallest absolute Gasteiger partial charge is 0.144 e. The minimum absolute atomic E-state index is 0.640. The van der Waals surface area contributed by atoms with E-state index in [0.717, 1.165) is 42.0 Å². The van der Waals surface area contributed by atoms with Crippen molar-refractivity contribution < 1.29 is 0 Å². The average molecular weight is 312 g/mol. The van der Waals surface area contributed by atoms with Crippen molar-refractivity contribution in [1.82, 2.24) is 4.98 Å². The van der Waals surface area contributed by atoms with Crippen molar-refractivity contribution in [3.63, 3.8) is 0 Å². The van der Waals surface area contributed by atoms with Gasteiger partial charge in [0.15, 0.2) is 0 Å². The Kier molecular flexibility index (Phi) is 6.37. The number of hydrogen-bond acceptors (Lipinski definition) is 2. The van der Waals surface area contributed by atoms with Gasteiger partial charge in [0.2, 0.25) is 0 Å². The number of anilines is 1. The van der Waals surface area contributed by atoms with Crippen molar-refractivity contribution in [1.29, 1.82) is 0 Å². The number of pyridine rings is 1. The third kappa shape index (κ3) is 5.05. The van der Waals surface area contributed by atoms with Crippen LogP contribution in [0.1, 0.15) is 19.3 Å². The lowest BCUT2D eigenvalue weighted by Gasteiger charge is -2.06. The van der Waals surface area contributed by atoms with Crippen LogP contribution in [0.3, 0.4) is 0 Å². The molecule has 0 unspecified atom stereocenters. The van der Waals surface area contributed by atoms with Crippen molar-refractivity contribution in [2.24, 2.45) is 0 Å². The lowest BCUT2D eigenvalue weighted by atomic mass is 10.2. The Bertz CT molecular complexity index is 307. The van der Waals surface area contributed by atoms with Gasteiger partial charge in [0.1, 0.15) is 5.82 Å². The molecule has 15 heavy (non-hydrogen) atoms. The topological polar surface area (TPSA) is 24.9 Å². The van der Waals surface area contributed by atoms with E-state index in [1.165, 1.54) is 0 Å². The zero-order valence-electron chi connectivity index (χ0n) is 8.27.